The minimum Gasteiger partial charge on any atom is -0.344 e. The van der Waals surface area contributed by atoms with Gasteiger partial charge in [0.05, 0.1) is 6.04 Å². The van der Waals surface area contributed by atoms with Crippen LogP contribution in [0.4, 0.5) is 22.0 Å². The molecule has 7 nitrogen and oxygen atoms in total. The number of benzene rings is 2. The highest BCUT2D eigenvalue weighted by Crippen LogP contribution is 2.23. The molecule has 3 N–H and O–H groups in total. The van der Waals surface area contributed by atoms with Gasteiger partial charge in [-0.3, -0.25) is 19.2 Å². The van der Waals surface area contributed by atoms with Crippen LogP contribution < -0.4 is 16.0 Å². The molecule has 0 heterocycles. The Hall–Kier alpha value is -3.51. The molecule has 0 unspecified atom stereocenters. The Bertz CT molecular complexity index is 1270. The maximum absolute atomic E-state index is 14.5. The molecule has 0 aromatic heterocycles. The van der Waals surface area contributed by atoms with Gasteiger partial charge in [-0.15, -0.1) is 0 Å². The Morgan fingerprint density at radius 2 is 1.52 bits per heavy atom. The molecule has 2 aromatic rings. The van der Waals surface area contributed by atoms with E-state index in [9.17, 15) is 41.1 Å². The lowest BCUT2D eigenvalue weighted by atomic mass is 9.94. The molecule has 0 aliphatic carbocycles. The number of carbonyl (C=O) groups excluding carboxylic acids is 4. The van der Waals surface area contributed by atoms with Gasteiger partial charge in [0, 0.05) is 16.1 Å². The van der Waals surface area contributed by atoms with E-state index in [-0.39, 0.29) is 10.6 Å². The van der Waals surface area contributed by atoms with Gasteiger partial charge in [0.1, 0.15) is 12.6 Å². The Balaban J connectivity index is 2.29. The summed E-state index contributed by atoms with van der Waals surface area (Å²) in [7, 11) is 0. The van der Waals surface area contributed by atoms with Crippen molar-refractivity contribution in [2.75, 3.05) is 6.54 Å². The fraction of sp³-hybridized carbons (Fsp3) is 0.308. The predicted octanol–water partition coefficient (Wildman–Crippen LogP) is 4.89. The lowest BCUT2D eigenvalue weighted by Gasteiger charge is -2.27. The highest BCUT2D eigenvalue weighted by atomic mass is 35.5. The van der Waals surface area contributed by atoms with E-state index in [4.69, 9.17) is 23.2 Å². The van der Waals surface area contributed by atoms with E-state index in [1.165, 1.54) is 44.2 Å². The van der Waals surface area contributed by atoms with Gasteiger partial charge >= 0.3 is 12.1 Å². The van der Waals surface area contributed by atoms with Crippen LogP contribution in [0.5, 0.6) is 0 Å². The highest BCUT2D eigenvalue weighted by molar-refractivity contribution is 6.31. The number of halogens is 7. The first-order valence-electron chi connectivity index (χ1n) is 11.6. The van der Waals surface area contributed by atoms with Crippen LogP contribution in [0.25, 0.3) is 6.08 Å². The van der Waals surface area contributed by atoms with Gasteiger partial charge in [0.15, 0.2) is 0 Å². The molecule has 0 aliphatic rings. The summed E-state index contributed by atoms with van der Waals surface area (Å²) in [6.45, 7) is 0.465. The average Bonchev–Trinajstić information content (AvgIpc) is 2.87. The van der Waals surface area contributed by atoms with Crippen LogP contribution in [0.3, 0.4) is 0 Å². The van der Waals surface area contributed by atoms with Crippen LogP contribution in [-0.4, -0.2) is 48.2 Å². The number of rotatable bonds is 11. The minimum absolute atomic E-state index is 0.163. The van der Waals surface area contributed by atoms with E-state index < -0.39 is 60.1 Å². The molecule has 3 amide bonds. The number of hydrogen-bond acceptors (Lipinski definition) is 4. The third-order valence-electron chi connectivity index (χ3n) is 5.32. The molecular formula is C26H24Cl2F5N3O4. The van der Waals surface area contributed by atoms with Gasteiger partial charge in [-0.2, -0.15) is 22.0 Å². The van der Waals surface area contributed by atoms with Crippen molar-refractivity contribution in [1.82, 2.24) is 16.0 Å². The number of carbonyl (C=O) groups is 4. The van der Waals surface area contributed by atoms with Crippen molar-refractivity contribution in [2.45, 2.75) is 38.0 Å². The van der Waals surface area contributed by atoms with Gasteiger partial charge in [-0.05, 0) is 47.4 Å². The van der Waals surface area contributed by atoms with Crippen LogP contribution in [0.1, 0.15) is 31.0 Å². The third-order valence-corrected chi connectivity index (χ3v) is 5.81. The average molecular weight is 608 g/mol. The molecule has 0 aliphatic heterocycles. The predicted molar refractivity (Wildman–Crippen MR) is 139 cm³/mol. The van der Waals surface area contributed by atoms with Crippen LogP contribution in [0, 0.1) is 5.92 Å². The first kappa shape index (κ1) is 32.7. The molecule has 0 bridgehead atoms. The quantitative estimate of drug-likeness (QED) is 0.192. The monoisotopic (exact) mass is 607 g/mol. The topological polar surface area (TPSA) is 104 Å². The molecule has 2 aromatic carbocycles. The zero-order chi connectivity index (χ0) is 30.3. The first-order valence-corrected chi connectivity index (χ1v) is 12.3. The molecule has 0 radical (unpaired) electrons. The summed E-state index contributed by atoms with van der Waals surface area (Å²) in [5, 5.41) is 6.16. The summed E-state index contributed by atoms with van der Waals surface area (Å²) in [6.07, 6.45) is -2.50. The second kappa shape index (κ2) is 13.7. The van der Waals surface area contributed by atoms with Gasteiger partial charge in [0.2, 0.25) is 17.6 Å². The van der Waals surface area contributed by atoms with Crippen molar-refractivity contribution in [1.29, 1.82) is 0 Å². The lowest BCUT2D eigenvalue weighted by Crippen LogP contribution is -2.58. The van der Waals surface area contributed by atoms with Crippen molar-refractivity contribution < 1.29 is 41.1 Å². The molecule has 0 saturated carbocycles. The largest absolute Gasteiger partial charge is 0.405 e. The molecule has 14 heteroatoms. The minimum atomic E-state index is -4.99. The normalized spacial score (nSPS) is 13.6. The van der Waals surface area contributed by atoms with Crippen LogP contribution in [0.2, 0.25) is 10.0 Å². The molecular weight excluding hydrogens is 584 g/mol. The second-order valence-corrected chi connectivity index (χ2v) is 9.72. The lowest BCUT2D eigenvalue weighted by molar-refractivity contribution is -0.165. The van der Waals surface area contributed by atoms with Crippen molar-refractivity contribution in [2.24, 2.45) is 5.92 Å². The Morgan fingerprint density at radius 1 is 0.900 bits per heavy atom. The molecule has 0 spiro atoms. The number of alkyl halides is 5. The zero-order valence-electron chi connectivity index (χ0n) is 21.0. The first-order chi connectivity index (χ1) is 18.5. The fourth-order valence-electron chi connectivity index (χ4n) is 3.30. The van der Waals surface area contributed by atoms with Gasteiger partial charge in [0.25, 0.3) is 5.91 Å². The number of ketones is 1. The summed E-state index contributed by atoms with van der Waals surface area (Å²) in [4.78, 5) is 50.2. The third kappa shape index (κ3) is 9.60. The number of nitrogens with one attached hydrogen (secondary N) is 3. The van der Waals surface area contributed by atoms with Crippen molar-refractivity contribution >= 4 is 52.8 Å². The highest BCUT2D eigenvalue weighted by Gasteiger charge is 2.52. The molecule has 0 saturated heterocycles. The fourth-order valence-corrected chi connectivity index (χ4v) is 3.62. The van der Waals surface area contributed by atoms with E-state index in [1.807, 2.05) is 0 Å². The summed E-state index contributed by atoms with van der Waals surface area (Å²) >= 11 is 11.8. The Kier molecular flexibility index (Phi) is 11.2. The van der Waals surface area contributed by atoms with E-state index in [1.54, 1.807) is 24.3 Å². The van der Waals surface area contributed by atoms with Crippen LogP contribution in [-0.2, 0) is 19.2 Å². The van der Waals surface area contributed by atoms with E-state index >= 15 is 0 Å². The number of Topliss-reactive ketones (excluding diaryl/α,β-unsaturated/α-hetero) is 1. The molecule has 40 heavy (non-hydrogen) atoms. The summed E-state index contributed by atoms with van der Waals surface area (Å²) < 4.78 is 66.1. The van der Waals surface area contributed by atoms with E-state index in [0.717, 1.165) is 11.4 Å². The summed E-state index contributed by atoms with van der Waals surface area (Å²) in [5.74, 6) is -12.4. The van der Waals surface area contributed by atoms with Crippen LogP contribution >= 0.6 is 23.2 Å². The Labute approximate surface area is 236 Å². The second-order valence-electron chi connectivity index (χ2n) is 8.85. The molecule has 2 atom stereocenters. The van der Waals surface area contributed by atoms with Gasteiger partial charge < -0.3 is 16.0 Å². The van der Waals surface area contributed by atoms with Gasteiger partial charge in [-0.25, -0.2) is 0 Å². The van der Waals surface area contributed by atoms with E-state index in [2.05, 4.69) is 10.6 Å². The smallest absolute Gasteiger partial charge is 0.344 e. The maximum atomic E-state index is 14.5. The molecule has 216 valence electrons. The zero-order valence-corrected chi connectivity index (χ0v) is 22.5. The maximum Gasteiger partial charge on any atom is 0.405 e. The number of hydrogen-bond donors (Lipinski definition) is 3. The van der Waals surface area contributed by atoms with E-state index in [0.29, 0.717) is 10.6 Å². The Morgan fingerprint density at radius 3 is 2.08 bits per heavy atom. The SMILES string of the molecule is CC(C)[C@H](NC(=O)[C@@H](NC(=O)/C=C/c1cccc(Cl)c1)c1ccc(Cl)cc1)C(=O)C(F)(F)C(=O)NCC(F)(F)F. The molecule has 0 fully saturated rings. The van der Waals surface area contributed by atoms with Crippen molar-refractivity contribution in [3.63, 3.8) is 0 Å². The van der Waals surface area contributed by atoms with Crippen LogP contribution in [0.15, 0.2) is 54.6 Å². The van der Waals surface area contributed by atoms with Crippen molar-refractivity contribution in [3.05, 3.63) is 75.8 Å². The molecule has 2 rings (SSSR count). The van der Waals surface area contributed by atoms with Gasteiger partial charge in [-0.1, -0.05) is 61.3 Å². The standard InChI is InChI=1S/C26H24Cl2F5N3O4/c1-14(2)20(22(38)26(32,33)24(40)34-13-25(29,30)31)36-23(39)21(16-7-9-17(27)10-8-16)35-19(37)11-6-15-4-3-5-18(28)12-15/h3-12,14,20-21H,13H2,1-2H3,(H,34,40)(H,35,37)(H,36,39)/b11-6+/t20-,21-/m0/s1. The summed E-state index contributed by atoms with van der Waals surface area (Å²) in [5.41, 5.74) is 0.725. The summed E-state index contributed by atoms with van der Waals surface area (Å²) in [6, 6.07) is 8.51. The number of amides is 3. The van der Waals surface area contributed by atoms with Crippen molar-refractivity contribution in [3.8, 4) is 0 Å².